The van der Waals surface area contributed by atoms with Crippen LogP contribution >= 0.6 is 0 Å². The first-order valence-corrected chi connectivity index (χ1v) is 11.7. The summed E-state index contributed by atoms with van der Waals surface area (Å²) in [4.78, 5) is 20.5. The Bertz CT molecular complexity index is 1340. The van der Waals surface area contributed by atoms with Crippen LogP contribution in [0.5, 0.6) is 0 Å². The lowest BCUT2D eigenvalue weighted by molar-refractivity contribution is 0.365. The summed E-state index contributed by atoms with van der Waals surface area (Å²) < 4.78 is 7.74. The third-order valence-electron chi connectivity index (χ3n) is 6.36. The van der Waals surface area contributed by atoms with Gasteiger partial charge in [0.15, 0.2) is 17.2 Å². The van der Waals surface area contributed by atoms with E-state index in [0.29, 0.717) is 40.0 Å². The van der Waals surface area contributed by atoms with Gasteiger partial charge in [-0.2, -0.15) is 5.10 Å². The standard InChI is InChI=1S/C23H28N10O/c1-23(2,3)33-22-16(20(24)28-12-29-22)17(30-33)18-15(19(34-31-18)13-4-5-13)21-26-10-14(11-27-21)32-8-6-25-7-9-32/h10-13,25H,4-9H2,1-3H3,(H2,24,28,29). The number of rotatable bonds is 4. The predicted octanol–water partition coefficient (Wildman–Crippen LogP) is 2.56. The van der Waals surface area contributed by atoms with Crippen molar-refractivity contribution >= 4 is 22.5 Å². The number of aromatic nitrogens is 7. The molecule has 0 aromatic carbocycles. The molecule has 0 bridgehead atoms. The number of nitrogens with two attached hydrogens (primary N) is 1. The highest BCUT2D eigenvalue weighted by Crippen LogP contribution is 2.48. The average Bonchev–Trinajstić information content (AvgIpc) is 3.45. The van der Waals surface area contributed by atoms with Crippen molar-refractivity contribution in [3.63, 3.8) is 0 Å². The van der Waals surface area contributed by atoms with Gasteiger partial charge in [0, 0.05) is 32.1 Å². The fourth-order valence-corrected chi connectivity index (χ4v) is 4.45. The van der Waals surface area contributed by atoms with Crippen LogP contribution in [-0.2, 0) is 5.54 Å². The zero-order chi connectivity index (χ0) is 23.4. The summed E-state index contributed by atoms with van der Waals surface area (Å²) in [6.45, 7) is 9.98. The highest BCUT2D eigenvalue weighted by molar-refractivity contribution is 6.00. The molecule has 11 heteroatoms. The average molecular weight is 461 g/mol. The van der Waals surface area contributed by atoms with Crippen LogP contribution in [0.1, 0.15) is 45.3 Å². The third-order valence-corrected chi connectivity index (χ3v) is 6.36. The first-order valence-electron chi connectivity index (χ1n) is 11.7. The van der Waals surface area contributed by atoms with Crippen LogP contribution in [0.15, 0.2) is 23.2 Å². The maximum atomic E-state index is 6.32. The van der Waals surface area contributed by atoms with Crippen LogP contribution in [0.25, 0.3) is 33.8 Å². The van der Waals surface area contributed by atoms with Crippen LogP contribution in [0, 0.1) is 0 Å². The maximum absolute atomic E-state index is 6.32. The van der Waals surface area contributed by atoms with E-state index in [4.69, 9.17) is 25.3 Å². The fourth-order valence-electron chi connectivity index (χ4n) is 4.45. The Kier molecular flexibility index (Phi) is 4.76. The van der Waals surface area contributed by atoms with E-state index in [-0.39, 0.29) is 5.54 Å². The Morgan fingerprint density at radius 3 is 2.44 bits per heavy atom. The number of piperazine rings is 1. The summed E-state index contributed by atoms with van der Waals surface area (Å²) in [5, 5.41) is 13.4. The summed E-state index contributed by atoms with van der Waals surface area (Å²) in [5.74, 6) is 2.05. The molecule has 2 fully saturated rings. The minimum atomic E-state index is -0.317. The number of nitrogens with one attached hydrogen (secondary N) is 1. The van der Waals surface area contributed by atoms with E-state index in [9.17, 15) is 0 Å². The molecule has 0 unspecified atom stereocenters. The molecule has 1 aliphatic carbocycles. The molecular weight excluding hydrogens is 432 g/mol. The Labute approximate surface area is 196 Å². The van der Waals surface area contributed by atoms with E-state index >= 15 is 0 Å². The number of hydrogen-bond acceptors (Lipinski definition) is 10. The van der Waals surface area contributed by atoms with Gasteiger partial charge in [-0.25, -0.2) is 24.6 Å². The summed E-state index contributed by atoms with van der Waals surface area (Å²) in [6.07, 6.45) is 7.34. The van der Waals surface area contributed by atoms with Gasteiger partial charge in [-0.3, -0.25) is 0 Å². The largest absolute Gasteiger partial charge is 0.383 e. The van der Waals surface area contributed by atoms with E-state index in [1.807, 2.05) is 17.1 Å². The number of nitrogen functional groups attached to an aromatic ring is 1. The van der Waals surface area contributed by atoms with Crippen molar-refractivity contribution in [3.8, 4) is 22.8 Å². The molecule has 0 spiro atoms. The van der Waals surface area contributed by atoms with E-state index < -0.39 is 0 Å². The second-order valence-corrected chi connectivity index (χ2v) is 9.94. The molecule has 0 atom stereocenters. The summed E-state index contributed by atoms with van der Waals surface area (Å²) >= 11 is 0. The number of fused-ring (bicyclic) bond motifs is 1. The fraction of sp³-hybridized carbons (Fsp3) is 0.478. The van der Waals surface area contributed by atoms with Crippen molar-refractivity contribution in [1.82, 2.24) is 40.2 Å². The molecule has 4 aromatic rings. The van der Waals surface area contributed by atoms with Crippen molar-refractivity contribution in [2.75, 3.05) is 36.8 Å². The minimum Gasteiger partial charge on any atom is -0.383 e. The van der Waals surface area contributed by atoms with Gasteiger partial charge in [-0.1, -0.05) is 5.16 Å². The molecule has 34 heavy (non-hydrogen) atoms. The topological polar surface area (TPSA) is 137 Å². The SMILES string of the molecule is CC(C)(C)n1nc(-c2noc(C3CC3)c2-c2ncc(N3CCNCC3)cn2)c2c(N)ncnc21. The summed E-state index contributed by atoms with van der Waals surface area (Å²) in [6, 6.07) is 0. The zero-order valence-corrected chi connectivity index (χ0v) is 19.6. The van der Waals surface area contributed by atoms with Crippen LogP contribution in [0.3, 0.4) is 0 Å². The quantitative estimate of drug-likeness (QED) is 0.467. The van der Waals surface area contributed by atoms with E-state index in [2.05, 4.69) is 46.1 Å². The van der Waals surface area contributed by atoms with Gasteiger partial charge in [0.2, 0.25) is 0 Å². The molecular formula is C23H28N10O. The van der Waals surface area contributed by atoms with Gasteiger partial charge in [-0.05, 0) is 33.6 Å². The highest BCUT2D eigenvalue weighted by atomic mass is 16.5. The molecule has 3 N–H and O–H groups in total. The maximum Gasteiger partial charge on any atom is 0.165 e. The molecule has 6 rings (SSSR count). The van der Waals surface area contributed by atoms with E-state index in [1.54, 1.807) is 0 Å². The summed E-state index contributed by atoms with van der Waals surface area (Å²) in [5.41, 5.74) is 9.61. The Morgan fingerprint density at radius 1 is 1.03 bits per heavy atom. The van der Waals surface area contributed by atoms with E-state index in [1.165, 1.54) is 6.33 Å². The lowest BCUT2D eigenvalue weighted by atomic mass is 10.1. The second-order valence-electron chi connectivity index (χ2n) is 9.94. The van der Waals surface area contributed by atoms with Crippen molar-refractivity contribution in [3.05, 3.63) is 24.5 Å². The Hall–Kier alpha value is -3.60. The number of anilines is 2. The van der Waals surface area contributed by atoms with Gasteiger partial charge in [0.25, 0.3) is 0 Å². The van der Waals surface area contributed by atoms with E-state index in [0.717, 1.165) is 56.0 Å². The number of nitrogens with zero attached hydrogens (tertiary/aromatic N) is 8. The summed E-state index contributed by atoms with van der Waals surface area (Å²) in [7, 11) is 0. The van der Waals surface area contributed by atoms with Crippen LogP contribution < -0.4 is 16.0 Å². The Balaban J connectivity index is 1.51. The molecule has 5 heterocycles. The molecule has 176 valence electrons. The minimum absolute atomic E-state index is 0.317. The normalized spacial score (nSPS) is 17.0. The molecule has 2 aliphatic rings. The molecule has 1 aliphatic heterocycles. The van der Waals surface area contributed by atoms with Crippen molar-refractivity contribution < 1.29 is 4.52 Å². The van der Waals surface area contributed by atoms with Crippen LogP contribution in [-0.4, -0.2) is 61.1 Å². The lowest BCUT2D eigenvalue weighted by Crippen LogP contribution is -2.43. The zero-order valence-electron chi connectivity index (χ0n) is 19.6. The van der Waals surface area contributed by atoms with Gasteiger partial charge in [0.05, 0.1) is 34.6 Å². The first-order chi connectivity index (χ1) is 16.4. The van der Waals surface area contributed by atoms with Gasteiger partial charge < -0.3 is 20.5 Å². The van der Waals surface area contributed by atoms with Gasteiger partial charge >= 0.3 is 0 Å². The van der Waals surface area contributed by atoms with Crippen LogP contribution in [0.4, 0.5) is 11.5 Å². The number of hydrogen-bond donors (Lipinski definition) is 2. The first kappa shape index (κ1) is 21.0. The van der Waals surface area contributed by atoms with Crippen molar-refractivity contribution in [2.24, 2.45) is 0 Å². The molecule has 4 aromatic heterocycles. The van der Waals surface area contributed by atoms with Gasteiger partial charge in [-0.15, -0.1) is 0 Å². The molecule has 1 saturated heterocycles. The van der Waals surface area contributed by atoms with Gasteiger partial charge in [0.1, 0.15) is 23.5 Å². The Morgan fingerprint density at radius 2 is 1.76 bits per heavy atom. The second kappa shape index (κ2) is 7.73. The monoisotopic (exact) mass is 460 g/mol. The lowest BCUT2D eigenvalue weighted by Gasteiger charge is -2.28. The van der Waals surface area contributed by atoms with Crippen LogP contribution in [0.2, 0.25) is 0 Å². The molecule has 11 nitrogen and oxygen atoms in total. The van der Waals surface area contributed by atoms with Crippen molar-refractivity contribution in [1.29, 1.82) is 0 Å². The molecule has 0 amide bonds. The predicted molar refractivity (Wildman–Crippen MR) is 128 cm³/mol. The smallest absolute Gasteiger partial charge is 0.165 e. The third kappa shape index (κ3) is 3.47. The molecule has 1 saturated carbocycles. The molecule has 0 radical (unpaired) electrons. The van der Waals surface area contributed by atoms with Crippen molar-refractivity contribution in [2.45, 2.75) is 45.1 Å². The highest BCUT2D eigenvalue weighted by Gasteiger charge is 2.36.